The molecule has 2 amide bonds. The Morgan fingerprint density at radius 2 is 1.83 bits per heavy atom. The highest BCUT2D eigenvalue weighted by Gasteiger charge is 2.25. The van der Waals surface area contributed by atoms with Crippen LogP contribution in [0.4, 0.5) is 10.5 Å². The molecule has 1 fully saturated rings. The van der Waals surface area contributed by atoms with Crippen LogP contribution in [0.25, 0.3) is 0 Å². The van der Waals surface area contributed by atoms with Crippen molar-refractivity contribution in [2.45, 2.75) is 31.6 Å². The number of carbonyl (C=O) groups is 1. The molecule has 0 unspecified atom stereocenters. The minimum atomic E-state index is -3.55. The highest BCUT2D eigenvalue weighted by molar-refractivity contribution is 7.89. The number of sulfonamides is 1. The molecular formula is C22H29N3O4S. The standard InChI is InChI=1S/C22H29N3O4S/c1-16-8-9-17(2)21(14-16)30(27,28)23-15-18-10-12-25(13-11-18)22(26)24-19-6-4-5-7-20(19)29-3/h4-9,14,18,23H,10-13,15H2,1-3H3,(H,24,26). The SMILES string of the molecule is COc1ccccc1NC(=O)N1CCC(CNS(=O)(=O)c2cc(C)ccc2C)CC1. The molecule has 162 valence electrons. The largest absolute Gasteiger partial charge is 0.495 e. The number of amides is 2. The molecule has 1 aliphatic heterocycles. The van der Waals surface area contributed by atoms with Gasteiger partial charge in [0.25, 0.3) is 0 Å². The number of para-hydroxylation sites is 2. The lowest BCUT2D eigenvalue weighted by Crippen LogP contribution is -2.43. The third-order valence-electron chi connectivity index (χ3n) is 5.45. The maximum atomic E-state index is 12.7. The number of benzene rings is 2. The minimum absolute atomic E-state index is 0.172. The number of hydrogen-bond donors (Lipinski definition) is 2. The van der Waals surface area contributed by atoms with Crippen LogP contribution in [0.15, 0.2) is 47.4 Å². The summed E-state index contributed by atoms with van der Waals surface area (Å²) in [6.45, 7) is 5.21. The van der Waals surface area contributed by atoms with E-state index < -0.39 is 10.0 Å². The van der Waals surface area contributed by atoms with E-state index in [-0.39, 0.29) is 11.9 Å². The molecule has 0 bridgehead atoms. The van der Waals surface area contributed by atoms with Crippen molar-refractivity contribution >= 4 is 21.7 Å². The van der Waals surface area contributed by atoms with Crippen molar-refractivity contribution < 1.29 is 17.9 Å². The summed E-state index contributed by atoms with van der Waals surface area (Å²) in [5, 5.41) is 2.89. The van der Waals surface area contributed by atoms with Crippen molar-refractivity contribution in [1.29, 1.82) is 0 Å². The molecule has 1 aliphatic rings. The molecule has 0 spiro atoms. The van der Waals surface area contributed by atoms with Crippen LogP contribution in [0.2, 0.25) is 0 Å². The van der Waals surface area contributed by atoms with E-state index in [0.717, 1.165) is 24.0 Å². The van der Waals surface area contributed by atoms with Crippen LogP contribution >= 0.6 is 0 Å². The quantitative estimate of drug-likeness (QED) is 0.732. The lowest BCUT2D eigenvalue weighted by Gasteiger charge is -2.32. The van der Waals surface area contributed by atoms with E-state index in [1.54, 1.807) is 37.1 Å². The second kappa shape index (κ2) is 9.49. The number of ether oxygens (including phenoxy) is 1. The molecule has 2 aromatic rings. The molecule has 0 aliphatic carbocycles. The highest BCUT2D eigenvalue weighted by Crippen LogP contribution is 2.25. The van der Waals surface area contributed by atoms with Gasteiger partial charge in [-0.3, -0.25) is 0 Å². The van der Waals surface area contributed by atoms with Crippen LogP contribution in [0.1, 0.15) is 24.0 Å². The average Bonchev–Trinajstić information content (AvgIpc) is 2.74. The Labute approximate surface area is 178 Å². The van der Waals surface area contributed by atoms with Crippen LogP contribution in [0.3, 0.4) is 0 Å². The smallest absolute Gasteiger partial charge is 0.321 e. The van der Waals surface area contributed by atoms with Gasteiger partial charge in [-0.05, 0) is 61.9 Å². The number of likely N-dealkylation sites (tertiary alicyclic amines) is 1. The Morgan fingerprint density at radius 1 is 1.13 bits per heavy atom. The third kappa shape index (κ3) is 5.31. The van der Waals surface area contributed by atoms with Crippen LogP contribution in [0.5, 0.6) is 5.75 Å². The summed E-state index contributed by atoms with van der Waals surface area (Å²) in [4.78, 5) is 14.6. The fourth-order valence-corrected chi connectivity index (χ4v) is 5.03. The van der Waals surface area contributed by atoms with E-state index >= 15 is 0 Å². The number of nitrogens with one attached hydrogen (secondary N) is 2. The van der Waals surface area contributed by atoms with Gasteiger partial charge in [-0.25, -0.2) is 17.9 Å². The van der Waals surface area contributed by atoms with Gasteiger partial charge in [0, 0.05) is 19.6 Å². The van der Waals surface area contributed by atoms with Gasteiger partial charge in [-0.1, -0.05) is 24.3 Å². The summed E-state index contributed by atoms with van der Waals surface area (Å²) < 4.78 is 33.4. The predicted octanol–water partition coefficient (Wildman–Crippen LogP) is 3.53. The molecule has 0 radical (unpaired) electrons. The zero-order valence-corrected chi connectivity index (χ0v) is 18.5. The number of rotatable bonds is 6. The van der Waals surface area contributed by atoms with Crippen molar-refractivity contribution in [3.8, 4) is 5.75 Å². The zero-order chi connectivity index (χ0) is 21.7. The van der Waals surface area contributed by atoms with Gasteiger partial charge in [0.2, 0.25) is 10.0 Å². The molecule has 7 nitrogen and oxygen atoms in total. The van der Waals surface area contributed by atoms with Crippen LogP contribution in [-0.4, -0.2) is 46.1 Å². The lowest BCUT2D eigenvalue weighted by atomic mass is 9.97. The second-order valence-corrected chi connectivity index (χ2v) is 9.42. The van der Waals surface area contributed by atoms with E-state index in [2.05, 4.69) is 10.0 Å². The predicted molar refractivity (Wildman–Crippen MR) is 117 cm³/mol. The van der Waals surface area contributed by atoms with Gasteiger partial charge in [0.15, 0.2) is 0 Å². The Bertz CT molecular complexity index is 999. The number of hydrogen-bond acceptors (Lipinski definition) is 4. The summed E-state index contributed by atoms with van der Waals surface area (Å²) in [7, 11) is -1.98. The fourth-order valence-electron chi connectivity index (χ4n) is 3.58. The lowest BCUT2D eigenvalue weighted by molar-refractivity contribution is 0.183. The second-order valence-electron chi connectivity index (χ2n) is 7.68. The molecule has 8 heteroatoms. The highest BCUT2D eigenvalue weighted by atomic mass is 32.2. The molecule has 30 heavy (non-hydrogen) atoms. The van der Waals surface area contributed by atoms with Gasteiger partial charge in [-0.15, -0.1) is 0 Å². The molecule has 1 saturated heterocycles. The average molecular weight is 432 g/mol. The summed E-state index contributed by atoms with van der Waals surface area (Å²) >= 11 is 0. The van der Waals surface area contributed by atoms with E-state index in [1.807, 2.05) is 31.2 Å². The maximum Gasteiger partial charge on any atom is 0.321 e. The van der Waals surface area contributed by atoms with Crippen LogP contribution in [-0.2, 0) is 10.0 Å². The normalized spacial score (nSPS) is 15.1. The van der Waals surface area contributed by atoms with Gasteiger partial charge in [0.05, 0.1) is 17.7 Å². The summed E-state index contributed by atoms with van der Waals surface area (Å²) in [6.07, 6.45) is 1.49. The summed E-state index contributed by atoms with van der Waals surface area (Å²) in [5.41, 5.74) is 2.28. The van der Waals surface area contributed by atoms with E-state index in [1.165, 1.54) is 0 Å². The summed E-state index contributed by atoms with van der Waals surface area (Å²) in [6, 6.07) is 12.5. The van der Waals surface area contributed by atoms with Gasteiger partial charge >= 0.3 is 6.03 Å². The maximum absolute atomic E-state index is 12.7. The molecule has 3 rings (SSSR count). The Balaban J connectivity index is 1.52. The first-order valence-corrected chi connectivity index (χ1v) is 11.5. The van der Waals surface area contributed by atoms with Crippen LogP contribution < -0.4 is 14.8 Å². The van der Waals surface area contributed by atoms with E-state index in [4.69, 9.17) is 4.74 Å². The van der Waals surface area contributed by atoms with E-state index in [9.17, 15) is 13.2 Å². The number of aryl methyl sites for hydroxylation is 2. The Hall–Kier alpha value is -2.58. The third-order valence-corrected chi connectivity index (χ3v) is 7.01. The Kier molecular flexibility index (Phi) is 6.99. The van der Waals surface area contributed by atoms with E-state index in [0.29, 0.717) is 36.0 Å². The van der Waals surface area contributed by atoms with Crippen LogP contribution in [0, 0.1) is 19.8 Å². The number of methoxy groups -OCH3 is 1. The Morgan fingerprint density at radius 3 is 2.53 bits per heavy atom. The summed E-state index contributed by atoms with van der Waals surface area (Å²) in [5.74, 6) is 0.807. The number of carbonyl (C=O) groups excluding carboxylic acids is 1. The number of nitrogens with zero attached hydrogens (tertiary/aromatic N) is 1. The molecule has 1 heterocycles. The van der Waals surface area contributed by atoms with Crippen molar-refractivity contribution in [2.24, 2.45) is 5.92 Å². The topological polar surface area (TPSA) is 87.7 Å². The molecule has 0 aromatic heterocycles. The minimum Gasteiger partial charge on any atom is -0.495 e. The monoisotopic (exact) mass is 431 g/mol. The first kappa shape index (κ1) is 22.1. The molecule has 0 atom stereocenters. The molecule has 2 N–H and O–H groups in total. The number of piperidine rings is 1. The number of urea groups is 1. The fraction of sp³-hybridized carbons (Fsp3) is 0.409. The number of anilines is 1. The molecule has 0 saturated carbocycles. The molecule has 2 aromatic carbocycles. The van der Waals surface area contributed by atoms with Gasteiger partial charge in [0.1, 0.15) is 5.75 Å². The van der Waals surface area contributed by atoms with Crippen molar-refractivity contribution in [3.63, 3.8) is 0 Å². The van der Waals surface area contributed by atoms with Crippen molar-refractivity contribution in [2.75, 3.05) is 32.1 Å². The molecular weight excluding hydrogens is 402 g/mol. The first-order valence-electron chi connectivity index (χ1n) is 10.1. The van der Waals surface area contributed by atoms with Gasteiger partial charge in [-0.2, -0.15) is 0 Å². The van der Waals surface area contributed by atoms with Crippen molar-refractivity contribution in [3.05, 3.63) is 53.6 Å². The van der Waals surface area contributed by atoms with Crippen molar-refractivity contribution in [1.82, 2.24) is 9.62 Å². The van der Waals surface area contributed by atoms with Gasteiger partial charge < -0.3 is 15.0 Å². The first-order chi connectivity index (χ1) is 14.3. The zero-order valence-electron chi connectivity index (χ0n) is 17.6.